The summed E-state index contributed by atoms with van der Waals surface area (Å²) < 4.78 is 5.63. The van der Waals surface area contributed by atoms with Crippen molar-refractivity contribution in [3.05, 3.63) is 68.9 Å². The van der Waals surface area contributed by atoms with Gasteiger partial charge in [0.1, 0.15) is 11.9 Å². The number of para-hydroxylation sites is 1. The van der Waals surface area contributed by atoms with Crippen molar-refractivity contribution in [2.24, 2.45) is 0 Å². The first-order valence-corrected chi connectivity index (χ1v) is 7.01. The van der Waals surface area contributed by atoms with E-state index in [1.807, 2.05) is 12.1 Å². The van der Waals surface area contributed by atoms with Crippen molar-refractivity contribution in [2.45, 2.75) is 6.10 Å². The fraction of sp³-hybridized carbons (Fsp3) is 0.0667. The average molecular weight is 328 g/mol. The third-order valence-corrected chi connectivity index (χ3v) is 4.01. The number of aliphatic hydroxyl groups excluding tert-OH is 1. The molecule has 102 valence electrons. The maximum Gasteiger partial charge on any atom is 0.153 e. The van der Waals surface area contributed by atoms with E-state index >= 15 is 0 Å². The van der Waals surface area contributed by atoms with Crippen molar-refractivity contribution in [1.29, 1.82) is 0 Å². The number of hydrogen-bond donors (Lipinski definition) is 1. The van der Waals surface area contributed by atoms with Gasteiger partial charge in [-0.2, -0.15) is 0 Å². The molecule has 2 nitrogen and oxygen atoms in total. The quantitative estimate of drug-likeness (QED) is 0.676. The van der Waals surface area contributed by atoms with Gasteiger partial charge in [-0.3, -0.25) is 0 Å². The summed E-state index contributed by atoms with van der Waals surface area (Å²) in [5, 5.41) is 12.5. The summed E-state index contributed by atoms with van der Waals surface area (Å²) in [5.41, 5.74) is 0.956. The summed E-state index contributed by atoms with van der Waals surface area (Å²) >= 11 is 18.2. The summed E-state index contributed by atoms with van der Waals surface area (Å²) in [4.78, 5) is 0. The Morgan fingerprint density at radius 3 is 2.15 bits per heavy atom. The molecular weight excluding hydrogens is 319 g/mol. The highest BCUT2D eigenvalue weighted by Crippen LogP contribution is 2.37. The Labute approximate surface area is 130 Å². The van der Waals surface area contributed by atoms with Crippen LogP contribution in [0, 0.1) is 0 Å². The van der Waals surface area contributed by atoms with Gasteiger partial charge in [-0.15, -0.1) is 0 Å². The first-order valence-electron chi connectivity index (χ1n) is 5.88. The van der Waals surface area contributed by atoms with Gasteiger partial charge in [0.25, 0.3) is 0 Å². The number of rotatable bonds is 2. The molecule has 2 aromatic carbocycles. The Morgan fingerprint density at radius 2 is 1.50 bits per heavy atom. The molecule has 0 spiro atoms. The number of benzene rings is 2. The molecule has 1 aromatic heterocycles. The van der Waals surface area contributed by atoms with E-state index in [0.29, 0.717) is 32.0 Å². The molecule has 5 heteroatoms. The molecule has 0 saturated heterocycles. The predicted octanol–water partition coefficient (Wildman–Crippen LogP) is 5.47. The SMILES string of the molecule is OC(c1cc2cccc(Cl)c2o1)c1c(Cl)cccc1Cl. The minimum absolute atomic E-state index is 0.350. The smallest absolute Gasteiger partial charge is 0.153 e. The zero-order valence-corrected chi connectivity index (χ0v) is 12.4. The van der Waals surface area contributed by atoms with Crippen LogP contribution in [0.2, 0.25) is 15.1 Å². The molecule has 3 rings (SSSR count). The zero-order chi connectivity index (χ0) is 14.3. The average Bonchev–Trinajstić information content (AvgIpc) is 2.84. The van der Waals surface area contributed by atoms with Crippen LogP contribution in [0.15, 0.2) is 46.9 Å². The van der Waals surface area contributed by atoms with Gasteiger partial charge in [-0.25, -0.2) is 0 Å². The summed E-state index contributed by atoms with van der Waals surface area (Å²) in [5.74, 6) is 0.350. The van der Waals surface area contributed by atoms with E-state index in [1.54, 1.807) is 30.3 Å². The van der Waals surface area contributed by atoms with Gasteiger partial charge in [0.15, 0.2) is 5.58 Å². The van der Waals surface area contributed by atoms with Crippen LogP contribution in [0.25, 0.3) is 11.0 Å². The van der Waals surface area contributed by atoms with Crippen LogP contribution < -0.4 is 0 Å². The van der Waals surface area contributed by atoms with Crippen LogP contribution in [-0.2, 0) is 0 Å². The van der Waals surface area contributed by atoms with E-state index in [0.717, 1.165) is 5.39 Å². The largest absolute Gasteiger partial charge is 0.456 e. The minimum Gasteiger partial charge on any atom is -0.456 e. The molecule has 0 amide bonds. The third kappa shape index (κ3) is 2.29. The molecule has 0 aliphatic carbocycles. The summed E-state index contributed by atoms with van der Waals surface area (Å²) in [7, 11) is 0. The van der Waals surface area contributed by atoms with E-state index in [-0.39, 0.29) is 0 Å². The van der Waals surface area contributed by atoms with Crippen molar-refractivity contribution >= 4 is 45.8 Å². The lowest BCUT2D eigenvalue weighted by atomic mass is 10.1. The second kappa shape index (κ2) is 5.30. The van der Waals surface area contributed by atoms with Gasteiger partial charge < -0.3 is 9.52 Å². The van der Waals surface area contributed by atoms with Crippen molar-refractivity contribution in [3.63, 3.8) is 0 Å². The molecule has 0 saturated carbocycles. The topological polar surface area (TPSA) is 33.4 Å². The van der Waals surface area contributed by atoms with Crippen LogP contribution in [0.3, 0.4) is 0 Å². The van der Waals surface area contributed by atoms with Crippen molar-refractivity contribution in [3.8, 4) is 0 Å². The Bertz CT molecular complexity index is 760. The molecule has 3 aromatic rings. The van der Waals surface area contributed by atoms with E-state index in [2.05, 4.69) is 0 Å². The van der Waals surface area contributed by atoms with Crippen molar-refractivity contribution in [1.82, 2.24) is 0 Å². The molecule has 0 fully saturated rings. The summed E-state index contributed by atoms with van der Waals surface area (Å²) in [6, 6.07) is 12.2. The van der Waals surface area contributed by atoms with Crippen LogP contribution in [-0.4, -0.2) is 5.11 Å². The molecule has 0 radical (unpaired) electrons. The van der Waals surface area contributed by atoms with Crippen molar-refractivity contribution in [2.75, 3.05) is 0 Å². The maximum absolute atomic E-state index is 10.4. The number of furan rings is 1. The Hall–Kier alpha value is -1.19. The molecule has 1 unspecified atom stereocenters. The second-order valence-corrected chi connectivity index (χ2v) is 5.57. The minimum atomic E-state index is -1.04. The van der Waals surface area contributed by atoms with E-state index in [1.165, 1.54) is 0 Å². The molecular formula is C15H9Cl3O2. The lowest BCUT2D eigenvalue weighted by Gasteiger charge is -2.11. The highest BCUT2D eigenvalue weighted by Gasteiger charge is 2.21. The zero-order valence-electron chi connectivity index (χ0n) is 10.1. The second-order valence-electron chi connectivity index (χ2n) is 4.34. The van der Waals surface area contributed by atoms with Gasteiger partial charge >= 0.3 is 0 Å². The molecule has 20 heavy (non-hydrogen) atoms. The fourth-order valence-corrected chi connectivity index (χ4v) is 2.92. The highest BCUT2D eigenvalue weighted by atomic mass is 35.5. The standard InChI is InChI=1S/C15H9Cl3O2/c16-9-4-2-5-10(17)13(9)14(19)12-7-8-3-1-6-11(18)15(8)20-12/h1-7,14,19H. The fourth-order valence-electron chi connectivity index (χ4n) is 2.10. The summed E-state index contributed by atoms with van der Waals surface area (Å²) in [6.45, 7) is 0. The third-order valence-electron chi connectivity index (χ3n) is 3.06. The predicted molar refractivity (Wildman–Crippen MR) is 81.7 cm³/mol. The van der Waals surface area contributed by atoms with E-state index in [9.17, 15) is 5.11 Å². The van der Waals surface area contributed by atoms with Gasteiger partial charge in [-0.1, -0.05) is 53.0 Å². The van der Waals surface area contributed by atoms with Crippen molar-refractivity contribution < 1.29 is 9.52 Å². The Morgan fingerprint density at radius 1 is 0.900 bits per heavy atom. The van der Waals surface area contributed by atoms with Gasteiger partial charge in [0.2, 0.25) is 0 Å². The first kappa shape index (κ1) is 13.8. The lowest BCUT2D eigenvalue weighted by Crippen LogP contribution is -1.99. The molecule has 0 aliphatic heterocycles. The van der Waals surface area contributed by atoms with Crippen LogP contribution in [0.1, 0.15) is 17.4 Å². The Kier molecular flexibility index (Phi) is 3.65. The van der Waals surface area contributed by atoms with E-state index in [4.69, 9.17) is 39.2 Å². The van der Waals surface area contributed by atoms with Gasteiger partial charge in [0, 0.05) is 21.0 Å². The lowest BCUT2D eigenvalue weighted by molar-refractivity contribution is 0.192. The Balaban J connectivity index is 2.13. The van der Waals surface area contributed by atoms with Crippen LogP contribution in [0.5, 0.6) is 0 Å². The molecule has 0 bridgehead atoms. The number of fused-ring (bicyclic) bond motifs is 1. The van der Waals surface area contributed by atoms with E-state index < -0.39 is 6.10 Å². The number of halogens is 3. The highest BCUT2D eigenvalue weighted by molar-refractivity contribution is 6.36. The van der Waals surface area contributed by atoms with Crippen LogP contribution >= 0.6 is 34.8 Å². The van der Waals surface area contributed by atoms with Gasteiger partial charge in [0.05, 0.1) is 5.02 Å². The molecule has 1 atom stereocenters. The number of aliphatic hydroxyl groups is 1. The molecule has 1 N–H and O–H groups in total. The number of hydrogen-bond acceptors (Lipinski definition) is 2. The first-order chi connectivity index (χ1) is 9.58. The molecule has 1 heterocycles. The van der Waals surface area contributed by atoms with Gasteiger partial charge in [-0.05, 0) is 24.3 Å². The normalized spacial score (nSPS) is 12.8. The monoisotopic (exact) mass is 326 g/mol. The van der Waals surface area contributed by atoms with Crippen LogP contribution in [0.4, 0.5) is 0 Å². The molecule has 0 aliphatic rings. The maximum atomic E-state index is 10.4. The summed E-state index contributed by atoms with van der Waals surface area (Å²) in [6.07, 6.45) is -1.04.